The van der Waals surface area contributed by atoms with Gasteiger partial charge in [-0.3, -0.25) is 10.1 Å². The van der Waals surface area contributed by atoms with Crippen LogP contribution in [-0.2, 0) is 0 Å². The molecular formula is C11H14N2O3. The maximum absolute atomic E-state index is 10.6. The highest BCUT2D eigenvalue weighted by Crippen LogP contribution is 2.31. The average molecular weight is 222 g/mol. The highest BCUT2D eigenvalue weighted by Gasteiger charge is 2.19. The first-order valence-corrected chi connectivity index (χ1v) is 5.37. The molecule has 2 N–H and O–H groups in total. The summed E-state index contributed by atoms with van der Waals surface area (Å²) in [6, 6.07) is 4.30. The molecule has 1 saturated carbocycles. The first-order valence-electron chi connectivity index (χ1n) is 5.37. The Bertz CT molecular complexity index is 400. The zero-order valence-corrected chi connectivity index (χ0v) is 8.89. The van der Waals surface area contributed by atoms with E-state index in [-0.39, 0.29) is 11.8 Å². The molecule has 1 fully saturated rings. The highest BCUT2D eigenvalue weighted by atomic mass is 16.6. The SMILES string of the molecule is Nc1ccc([N+](=O)[O-])cc1OC1CCCC1. The van der Waals surface area contributed by atoms with E-state index in [1.165, 1.54) is 18.2 Å². The number of ether oxygens (including phenoxy) is 1. The van der Waals surface area contributed by atoms with Crippen molar-refractivity contribution in [3.63, 3.8) is 0 Å². The van der Waals surface area contributed by atoms with E-state index in [2.05, 4.69) is 0 Å². The Balaban J connectivity index is 2.17. The van der Waals surface area contributed by atoms with Gasteiger partial charge in [0.15, 0.2) is 0 Å². The Morgan fingerprint density at radius 2 is 2.06 bits per heavy atom. The molecular weight excluding hydrogens is 208 g/mol. The number of hydrogen-bond acceptors (Lipinski definition) is 4. The number of nitro groups is 1. The van der Waals surface area contributed by atoms with Crippen molar-refractivity contribution in [3.05, 3.63) is 28.3 Å². The molecule has 1 aliphatic rings. The molecule has 1 aromatic rings. The predicted octanol–water partition coefficient (Wildman–Crippen LogP) is 2.50. The molecule has 1 aromatic carbocycles. The summed E-state index contributed by atoms with van der Waals surface area (Å²) in [6.07, 6.45) is 4.47. The third-order valence-electron chi connectivity index (χ3n) is 2.80. The van der Waals surface area contributed by atoms with Gasteiger partial charge in [-0.15, -0.1) is 0 Å². The van der Waals surface area contributed by atoms with Crippen LogP contribution in [0.5, 0.6) is 5.75 Å². The number of non-ortho nitro benzene ring substituents is 1. The second kappa shape index (κ2) is 4.38. The summed E-state index contributed by atoms with van der Waals surface area (Å²) in [6.45, 7) is 0. The summed E-state index contributed by atoms with van der Waals surface area (Å²) in [5, 5.41) is 10.6. The number of rotatable bonds is 3. The fourth-order valence-corrected chi connectivity index (χ4v) is 1.92. The average Bonchev–Trinajstić information content (AvgIpc) is 2.73. The van der Waals surface area contributed by atoms with Gasteiger partial charge in [0, 0.05) is 6.07 Å². The number of hydrogen-bond donors (Lipinski definition) is 1. The van der Waals surface area contributed by atoms with Gasteiger partial charge in [-0.2, -0.15) is 0 Å². The Morgan fingerprint density at radius 1 is 1.38 bits per heavy atom. The number of nitro benzene ring substituents is 1. The molecule has 0 bridgehead atoms. The maximum Gasteiger partial charge on any atom is 0.273 e. The Labute approximate surface area is 93.4 Å². The van der Waals surface area contributed by atoms with Gasteiger partial charge in [0.2, 0.25) is 0 Å². The zero-order valence-electron chi connectivity index (χ0n) is 8.89. The van der Waals surface area contributed by atoms with Crippen molar-refractivity contribution in [1.82, 2.24) is 0 Å². The van der Waals surface area contributed by atoms with Crippen LogP contribution in [0.3, 0.4) is 0 Å². The standard InChI is InChI=1S/C11H14N2O3/c12-10-6-5-8(13(14)15)7-11(10)16-9-3-1-2-4-9/h5-7,9H,1-4,12H2. The normalized spacial score (nSPS) is 16.2. The van der Waals surface area contributed by atoms with Gasteiger partial charge in [-0.25, -0.2) is 0 Å². The van der Waals surface area contributed by atoms with Crippen molar-refractivity contribution in [2.24, 2.45) is 0 Å². The summed E-state index contributed by atoms with van der Waals surface area (Å²) in [5.74, 6) is 0.432. The molecule has 5 nitrogen and oxygen atoms in total. The van der Waals surface area contributed by atoms with Crippen LogP contribution in [0.25, 0.3) is 0 Å². The van der Waals surface area contributed by atoms with E-state index in [1.807, 2.05) is 0 Å². The van der Waals surface area contributed by atoms with Crippen LogP contribution >= 0.6 is 0 Å². The van der Waals surface area contributed by atoms with E-state index in [1.54, 1.807) is 0 Å². The van der Waals surface area contributed by atoms with Crippen LogP contribution in [-0.4, -0.2) is 11.0 Å². The van der Waals surface area contributed by atoms with Gasteiger partial charge < -0.3 is 10.5 Å². The largest absolute Gasteiger partial charge is 0.488 e. The fraction of sp³-hybridized carbons (Fsp3) is 0.455. The van der Waals surface area contributed by atoms with E-state index in [0.717, 1.165) is 25.7 Å². The first kappa shape index (κ1) is 10.7. The minimum Gasteiger partial charge on any atom is -0.488 e. The molecule has 0 aliphatic heterocycles. The quantitative estimate of drug-likeness (QED) is 0.484. The lowest BCUT2D eigenvalue weighted by molar-refractivity contribution is -0.384. The molecule has 1 aliphatic carbocycles. The molecule has 0 unspecified atom stereocenters. The molecule has 0 amide bonds. The van der Waals surface area contributed by atoms with Crippen LogP contribution < -0.4 is 10.5 Å². The van der Waals surface area contributed by atoms with Crippen LogP contribution in [0, 0.1) is 10.1 Å². The molecule has 0 saturated heterocycles. The smallest absolute Gasteiger partial charge is 0.273 e. The van der Waals surface area contributed by atoms with E-state index in [0.29, 0.717) is 11.4 Å². The molecule has 16 heavy (non-hydrogen) atoms. The molecule has 0 aromatic heterocycles. The van der Waals surface area contributed by atoms with Gasteiger partial charge in [-0.05, 0) is 31.7 Å². The van der Waals surface area contributed by atoms with E-state index in [4.69, 9.17) is 10.5 Å². The van der Waals surface area contributed by atoms with Crippen molar-refractivity contribution in [1.29, 1.82) is 0 Å². The predicted molar refractivity (Wildman–Crippen MR) is 60.4 cm³/mol. The molecule has 0 radical (unpaired) electrons. The van der Waals surface area contributed by atoms with Crippen LogP contribution in [0.4, 0.5) is 11.4 Å². The van der Waals surface area contributed by atoms with E-state index in [9.17, 15) is 10.1 Å². The number of benzene rings is 1. The van der Waals surface area contributed by atoms with Crippen molar-refractivity contribution in [3.8, 4) is 5.75 Å². The minimum absolute atomic E-state index is 0.0159. The number of anilines is 1. The van der Waals surface area contributed by atoms with E-state index >= 15 is 0 Å². The van der Waals surface area contributed by atoms with Crippen molar-refractivity contribution < 1.29 is 9.66 Å². The lowest BCUT2D eigenvalue weighted by Crippen LogP contribution is -2.12. The Hall–Kier alpha value is -1.78. The summed E-state index contributed by atoms with van der Waals surface area (Å²) >= 11 is 0. The lowest BCUT2D eigenvalue weighted by atomic mass is 10.2. The number of nitrogens with two attached hydrogens (primary N) is 1. The summed E-state index contributed by atoms with van der Waals surface area (Å²) in [4.78, 5) is 10.2. The minimum atomic E-state index is -0.444. The van der Waals surface area contributed by atoms with E-state index < -0.39 is 4.92 Å². The summed E-state index contributed by atoms with van der Waals surface area (Å²) < 4.78 is 5.67. The van der Waals surface area contributed by atoms with Crippen molar-refractivity contribution in [2.45, 2.75) is 31.8 Å². The lowest BCUT2D eigenvalue weighted by Gasteiger charge is -2.14. The maximum atomic E-state index is 10.6. The zero-order chi connectivity index (χ0) is 11.5. The molecule has 0 spiro atoms. The molecule has 86 valence electrons. The second-order valence-corrected chi connectivity index (χ2v) is 4.00. The molecule has 5 heteroatoms. The van der Waals surface area contributed by atoms with Crippen LogP contribution in [0.1, 0.15) is 25.7 Å². The fourth-order valence-electron chi connectivity index (χ4n) is 1.92. The molecule has 0 heterocycles. The number of nitrogen functional groups attached to an aromatic ring is 1. The number of nitrogens with zero attached hydrogens (tertiary/aromatic N) is 1. The van der Waals surface area contributed by atoms with Gasteiger partial charge in [0.1, 0.15) is 5.75 Å². The summed E-state index contributed by atoms with van der Waals surface area (Å²) in [7, 11) is 0. The van der Waals surface area contributed by atoms with Gasteiger partial charge >= 0.3 is 0 Å². The van der Waals surface area contributed by atoms with Crippen LogP contribution in [0.2, 0.25) is 0 Å². The molecule has 0 atom stereocenters. The van der Waals surface area contributed by atoms with Gasteiger partial charge in [-0.1, -0.05) is 0 Å². The molecule has 2 rings (SSSR count). The van der Waals surface area contributed by atoms with Crippen LogP contribution in [0.15, 0.2) is 18.2 Å². The van der Waals surface area contributed by atoms with Crippen molar-refractivity contribution >= 4 is 11.4 Å². The third kappa shape index (κ3) is 2.24. The Morgan fingerprint density at radius 3 is 2.69 bits per heavy atom. The Kier molecular flexibility index (Phi) is 2.94. The summed E-state index contributed by atoms with van der Waals surface area (Å²) in [5.41, 5.74) is 6.19. The third-order valence-corrected chi connectivity index (χ3v) is 2.80. The first-order chi connectivity index (χ1) is 7.66. The van der Waals surface area contributed by atoms with Gasteiger partial charge in [0.05, 0.1) is 22.8 Å². The van der Waals surface area contributed by atoms with Crippen molar-refractivity contribution in [2.75, 3.05) is 5.73 Å². The monoisotopic (exact) mass is 222 g/mol. The topological polar surface area (TPSA) is 78.4 Å². The van der Waals surface area contributed by atoms with Gasteiger partial charge in [0.25, 0.3) is 5.69 Å². The highest BCUT2D eigenvalue weighted by molar-refractivity contribution is 5.57. The second-order valence-electron chi connectivity index (χ2n) is 4.00.